The average molecular weight is 422 g/mol. The number of carbonyl (C=O) groups is 3. The maximum atomic E-state index is 12.5. The van der Waals surface area contributed by atoms with E-state index in [1.165, 1.54) is 17.1 Å². The van der Waals surface area contributed by atoms with Crippen LogP contribution < -0.4 is 5.32 Å². The van der Waals surface area contributed by atoms with Gasteiger partial charge >= 0.3 is 18.2 Å². The van der Waals surface area contributed by atoms with Gasteiger partial charge in [-0.3, -0.25) is 0 Å². The van der Waals surface area contributed by atoms with Gasteiger partial charge < -0.3 is 19.5 Å². The molecule has 0 radical (unpaired) electrons. The molecule has 10 nitrogen and oxygen atoms in total. The van der Waals surface area contributed by atoms with Gasteiger partial charge in [0.2, 0.25) is 5.90 Å². The zero-order chi connectivity index (χ0) is 22.9. The number of aromatic nitrogens is 2. The van der Waals surface area contributed by atoms with Crippen molar-refractivity contribution in [1.29, 1.82) is 0 Å². The van der Waals surface area contributed by atoms with E-state index in [-0.39, 0.29) is 12.3 Å². The summed E-state index contributed by atoms with van der Waals surface area (Å²) in [5.74, 6) is -0.498. The maximum absolute atomic E-state index is 12.5. The van der Waals surface area contributed by atoms with E-state index in [1.807, 2.05) is 0 Å². The first-order valence-corrected chi connectivity index (χ1v) is 9.63. The molecule has 0 saturated heterocycles. The Labute approximate surface area is 176 Å². The quantitative estimate of drug-likeness (QED) is 0.585. The minimum Gasteiger partial charge on any atom is -0.444 e. The molecule has 0 bridgehead atoms. The van der Waals surface area contributed by atoms with Gasteiger partial charge in [0, 0.05) is 12.6 Å². The third kappa shape index (κ3) is 6.30. The van der Waals surface area contributed by atoms with Crippen LogP contribution in [0, 0.1) is 0 Å². The number of hydrogen-bond acceptors (Lipinski definition) is 8. The van der Waals surface area contributed by atoms with Crippen LogP contribution in [0.25, 0.3) is 0 Å². The standard InChI is InChI=1S/C20H30N4O6/c1-18(2,3)29-16(26)22-13(14-23-20(7,8)15(25)28-14)9-12-10-21-11-24(12)17(27)30-19(4,5)6/h10-11,13H,9H2,1-8H3,(H,22,26)/t13-/m0/s1. The molecule has 0 fully saturated rings. The van der Waals surface area contributed by atoms with Crippen LogP contribution in [0.2, 0.25) is 0 Å². The largest absolute Gasteiger partial charge is 0.444 e. The van der Waals surface area contributed by atoms with E-state index in [1.54, 1.807) is 55.4 Å². The molecular weight excluding hydrogens is 392 g/mol. The monoisotopic (exact) mass is 422 g/mol. The van der Waals surface area contributed by atoms with E-state index in [0.717, 1.165) is 0 Å². The summed E-state index contributed by atoms with van der Waals surface area (Å²) in [6.07, 6.45) is 1.54. The van der Waals surface area contributed by atoms with Crippen molar-refractivity contribution < 1.29 is 28.6 Å². The lowest BCUT2D eigenvalue weighted by Gasteiger charge is -2.24. The molecule has 1 aromatic rings. The number of hydrogen-bond donors (Lipinski definition) is 1. The van der Waals surface area contributed by atoms with E-state index in [2.05, 4.69) is 15.3 Å². The predicted molar refractivity (Wildman–Crippen MR) is 108 cm³/mol. The number of esters is 1. The Morgan fingerprint density at radius 1 is 1.17 bits per heavy atom. The summed E-state index contributed by atoms with van der Waals surface area (Å²) < 4.78 is 17.2. The molecule has 1 aliphatic heterocycles. The van der Waals surface area contributed by atoms with Crippen LogP contribution in [0.5, 0.6) is 0 Å². The number of aliphatic imine (C=N–C) groups is 1. The van der Waals surface area contributed by atoms with Crippen molar-refractivity contribution in [2.45, 2.75) is 84.6 Å². The van der Waals surface area contributed by atoms with E-state index >= 15 is 0 Å². The van der Waals surface area contributed by atoms with Crippen molar-refractivity contribution in [2.24, 2.45) is 4.99 Å². The molecule has 0 spiro atoms. The molecule has 2 rings (SSSR count). The number of ether oxygens (including phenoxy) is 3. The first-order valence-electron chi connectivity index (χ1n) is 9.63. The topological polar surface area (TPSA) is 121 Å². The number of amides is 1. The van der Waals surface area contributed by atoms with Crippen LogP contribution >= 0.6 is 0 Å². The van der Waals surface area contributed by atoms with Crippen LogP contribution in [0.15, 0.2) is 17.5 Å². The van der Waals surface area contributed by atoms with E-state index in [4.69, 9.17) is 14.2 Å². The van der Waals surface area contributed by atoms with Crippen LogP contribution in [0.1, 0.15) is 61.1 Å². The molecule has 0 unspecified atom stereocenters. The van der Waals surface area contributed by atoms with Gasteiger partial charge in [0.05, 0.1) is 5.69 Å². The molecule has 0 aliphatic carbocycles. The third-order valence-electron chi connectivity index (χ3n) is 3.79. The normalized spacial score (nSPS) is 17.1. The minimum absolute atomic E-state index is 0.0350. The molecule has 10 heteroatoms. The SMILES string of the molecule is CC(C)(C)OC(=O)N[C@@H](Cc1cncn1C(=O)OC(C)(C)C)C1=NC(C)(C)C(=O)O1. The van der Waals surface area contributed by atoms with E-state index in [0.29, 0.717) is 5.69 Å². The molecule has 0 aromatic carbocycles. The summed E-state index contributed by atoms with van der Waals surface area (Å²) in [4.78, 5) is 45.2. The van der Waals surface area contributed by atoms with E-state index in [9.17, 15) is 14.4 Å². The summed E-state index contributed by atoms with van der Waals surface area (Å²) in [7, 11) is 0. The highest BCUT2D eigenvalue weighted by molar-refractivity contribution is 6.02. The summed E-state index contributed by atoms with van der Waals surface area (Å²) in [6.45, 7) is 13.7. The van der Waals surface area contributed by atoms with Crippen molar-refractivity contribution in [3.63, 3.8) is 0 Å². The van der Waals surface area contributed by atoms with E-state index < -0.39 is 40.9 Å². The Bertz CT molecular complexity index is 857. The van der Waals surface area contributed by atoms with Gasteiger partial charge in [0.25, 0.3) is 0 Å². The maximum Gasteiger partial charge on any atom is 0.420 e. The van der Waals surface area contributed by atoms with Crippen molar-refractivity contribution in [3.8, 4) is 0 Å². The lowest BCUT2D eigenvalue weighted by Crippen LogP contribution is -2.45. The first kappa shape index (κ1) is 23.4. The number of nitrogens with one attached hydrogen (secondary N) is 1. The smallest absolute Gasteiger partial charge is 0.420 e. The molecule has 0 saturated carbocycles. The van der Waals surface area contributed by atoms with Crippen molar-refractivity contribution in [2.75, 3.05) is 0 Å². The highest BCUT2D eigenvalue weighted by atomic mass is 16.6. The fourth-order valence-corrected chi connectivity index (χ4v) is 2.52. The summed E-state index contributed by atoms with van der Waals surface area (Å²) >= 11 is 0. The van der Waals surface area contributed by atoms with Gasteiger partial charge in [-0.1, -0.05) is 0 Å². The molecule has 1 N–H and O–H groups in total. The first-order chi connectivity index (χ1) is 13.6. The molecule has 1 aliphatic rings. The average Bonchev–Trinajstić information content (AvgIpc) is 3.08. The predicted octanol–water partition coefficient (Wildman–Crippen LogP) is 2.84. The Morgan fingerprint density at radius 2 is 1.77 bits per heavy atom. The second-order valence-electron chi connectivity index (χ2n) is 9.54. The van der Waals surface area contributed by atoms with Crippen LogP contribution in [-0.2, 0) is 25.4 Å². The van der Waals surface area contributed by atoms with Crippen LogP contribution in [-0.4, -0.2) is 56.4 Å². The summed E-state index contributed by atoms with van der Waals surface area (Å²) in [5.41, 5.74) is -2.05. The summed E-state index contributed by atoms with van der Waals surface area (Å²) in [5, 5.41) is 2.66. The van der Waals surface area contributed by atoms with Crippen molar-refractivity contribution >= 4 is 24.1 Å². The molecule has 2 heterocycles. The Hall–Kier alpha value is -2.91. The number of carbonyl (C=O) groups excluding carboxylic acids is 3. The Morgan fingerprint density at radius 3 is 2.27 bits per heavy atom. The van der Waals surface area contributed by atoms with Gasteiger partial charge in [-0.15, -0.1) is 0 Å². The van der Waals surface area contributed by atoms with Gasteiger partial charge in [-0.25, -0.2) is 28.9 Å². The minimum atomic E-state index is -1.07. The third-order valence-corrected chi connectivity index (χ3v) is 3.79. The Balaban J connectivity index is 2.29. The molecule has 30 heavy (non-hydrogen) atoms. The second kappa shape index (κ2) is 8.08. The van der Waals surface area contributed by atoms with Gasteiger partial charge in [0.1, 0.15) is 23.6 Å². The second-order valence-corrected chi connectivity index (χ2v) is 9.54. The van der Waals surface area contributed by atoms with Crippen molar-refractivity contribution in [3.05, 3.63) is 18.2 Å². The molecule has 1 amide bonds. The molecule has 166 valence electrons. The van der Waals surface area contributed by atoms with Crippen LogP contribution in [0.4, 0.5) is 9.59 Å². The lowest BCUT2D eigenvalue weighted by atomic mass is 10.1. The van der Waals surface area contributed by atoms with Crippen LogP contribution in [0.3, 0.4) is 0 Å². The fraction of sp³-hybridized carbons (Fsp3) is 0.650. The number of cyclic esters (lactones) is 1. The lowest BCUT2D eigenvalue weighted by molar-refractivity contribution is -0.138. The fourth-order valence-electron chi connectivity index (χ4n) is 2.52. The number of rotatable bonds is 4. The Kier molecular flexibility index (Phi) is 6.29. The molecular formula is C20H30N4O6. The van der Waals surface area contributed by atoms with Gasteiger partial charge in [0.15, 0.2) is 5.54 Å². The van der Waals surface area contributed by atoms with Crippen molar-refractivity contribution in [1.82, 2.24) is 14.9 Å². The number of alkyl carbamates (subject to hydrolysis) is 1. The zero-order valence-corrected chi connectivity index (χ0v) is 18.7. The zero-order valence-electron chi connectivity index (χ0n) is 18.7. The summed E-state index contributed by atoms with van der Waals surface area (Å²) in [6, 6.07) is -0.858. The number of imidazole rings is 1. The number of nitrogens with zero attached hydrogens (tertiary/aromatic N) is 3. The van der Waals surface area contributed by atoms with Gasteiger partial charge in [-0.05, 0) is 55.4 Å². The molecule has 1 atom stereocenters. The highest BCUT2D eigenvalue weighted by Crippen LogP contribution is 2.22. The molecule has 1 aromatic heterocycles. The van der Waals surface area contributed by atoms with Gasteiger partial charge in [-0.2, -0.15) is 0 Å². The highest BCUT2D eigenvalue weighted by Gasteiger charge is 2.41.